The number of thiophene rings is 1. The lowest BCUT2D eigenvalue weighted by Crippen LogP contribution is -2.51. The predicted molar refractivity (Wildman–Crippen MR) is 239 cm³/mol. The van der Waals surface area contributed by atoms with Crippen LogP contribution in [0.3, 0.4) is 0 Å². The lowest BCUT2D eigenvalue weighted by atomic mass is 9.49. The van der Waals surface area contributed by atoms with Crippen LogP contribution >= 0.6 is 11.3 Å². The molecule has 5 nitrogen and oxygen atoms in total. The van der Waals surface area contributed by atoms with Crippen molar-refractivity contribution in [3.05, 3.63) is 109 Å². The van der Waals surface area contributed by atoms with E-state index in [0.29, 0.717) is 0 Å². The first-order valence-corrected chi connectivity index (χ1v) is 23.4. The monoisotopic (exact) mass is 786 g/mol. The van der Waals surface area contributed by atoms with Gasteiger partial charge in [-0.15, -0.1) is 11.3 Å². The third-order valence-corrected chi connectivity index (χ3v) is 18.0. The van der Waals surface area contributed by atoms with E-state index in [2.05, 4.69) is 102 Å². The van der Waals surface area contributed by atoms with Crippen molar-refractivity contribution in [1.82, 2.24) is 19.5 Å². The quantitative estimate of drug-likeness (QED) is 0.178. The number of aromatic nitrogens is 4. The maximum absolute atomic E-state index is 6.87. The van der Waals surface area contributed by atoms with Crippen LogP contribution in [0.1, 0.15) is 88.7 Å². The van der Waals surface area contributed by atoms with Crippen LogP contribution in [0, 0.1) is 35.5 Å². The summed E-state index contributed by atoms with van der Waals surface area (Å²) in [6.45, 7) is 0. The molecule has 8 bridgehead atoms. The van der Waals surface area contributed by atoms with Gasteiger partial charge in [0.2, 0.25) is 0 Å². The zero-order valence-electron chi connectivity index (χ0n) is 33.3. The Balaban J connectivity index is 0.944. The highest BCUT2D eigenvalue weighted by molar-refractivity contribution is 7.27. The molecule has 0 aliphatic heterocycles. The molecule has 290 valence electrons. The average molecular weight is 787 g/mol. The summed E-state index contributed by atoms with van der Waals surface area (Å²) >= 11 is 1.89. The van der Waals surface area contributed by atoms with Gasteiger partial charge in [-0.1, -0.05) is 54.6 Å². The molecule has 9 aromatic rings. The lowest BCUT2D eigenvalue weighted by Gasteiger charge is -2.57. The molecule has 0 atom stereocenters. The van der Waals surface area contributed by atoms with Gasteiger partial charge in [-0.3, -0.25) is 0 Å². The minimum atomic E-state index is 0.128. The summed E-state index contributed by atoms with van der Waals surface area (Å²) in [5, 5.41) is 7.40. The summed E-state index contributed by atoms with van der Waals surface area (Å²) in [5.74, 6) is 8.31. The van der Waals surface area contributed by atoms with Crippen molar-refractivity contribution in [1.29, 1.82) is 0 Å². The molecule has 4 aromatic heterocycles. The summed E-state index contributed by atoms with van der Waals surface area (Å²) in [6.07, 6.45) is 16.2. The second-order valence-electron chi connectivity index (χ2n) is 20.4. The number of benzene rings is 5. The van der Waals surface area contributed by atoms with Gasteiger partial charge in [0, 0.05) is 58.4 Å². The van der Waals surface area contributed by atoms with Crippen LogP contribution in [-0.2, 0) is 10.8 Å². The van der Waals surface area contributed by atoms with Crippen LogP contribution in [0.25, 0.3) is 81.0 Å². The number of nitrogens with zero attached hydrogens (tertiary/aromatic N) is 4. The van der Waals surface area contributed by atoms with Crippen LogP contribution < -0.4 is 0 Å². The van der Waals surface area contributed by atoms with E-state index in [0.717, 1.165) is 75.4 Å². The van der Waals surface area contributed by atoms with Crippen molar-refractivity contribution in [3.8, 4) is 17.1 Å². The van der Waals surface area contributed by atoms with E-state index in [1.54, 1.807) is 0 Å². The molecule has 8 saturated carbocycles. The van der Waals surface area contributed by atoms with E-state index in [1.807, 2.05) is 11.3 Å². The van der Waals surface area contributed by atoms with Crippen molar-refractivity contribution < 1.29 is 4.42 Å². The molecule has 0 unspecified atom stereocenters. The first kappa shape index (κ1) is 32.7. The number of furan rings is 1. The fourth-order valence-electron chi connectivity index (χ4n) is 15.4. The molecular weight excluding hydrogens is 741 g/mol. The van der Waals surface area contributed by atoms with Crippen LogP contribution in [0.15, 0.2) is 101 Å². The van der Waals surface area contributed by atoms with Crippen molar-refractivity contribution in [3.63, 3.8) is 0 Å². The molecule has 0 amide bonds. The van der Waals surface area contributed by atoms with Gasteiger partial charge in [-0.2, -0.15) is 0 Å². The Hall–Kier alpha value is -5.07. The third-order valence-electron chi connectivity index (χ3n) is 16.8. The van der Waals surface area contributed by atoms with Crippen molar-refractivity contribution in [2.45, 2.75) is 87.9 Å². The molecule has 8 aliphatic carbocycles. The molecule has 0 spiro atoms. The zero-order chi connectivity index (χ0) is 38.2. The largest absolute Gasteiger partial charge is 0.455 e. The van der Waals surface area contributed by atoms with E-state index in [4.69, 9.17) is 19.4 Å². The smallest absolute Gasteiger partial charge is 0.163 e. The van der Waals surface area contributed by atoms with E-state index in [9.17, 15) is 0 Å². The van der Waals surface area contributed by atoms with Crippen LogP contribution in [0.5, 0.6) is 0 Å². The van der Waals surface area contributed by atoms with Gasteiger partial charge in [0.05, 0.1) is 16.4 Å². The maximum atomic E-state index is 6.87. The fourth-order valence-corrected chi connectivity index (χ4v) is 16.6. The summed E-state index contributed by atoms with van der Waals surface area (Å²) < 4.78 is 12.0. The van der Waals surface area contributed by atoms with E-state index in [1.165, 1.54) is 130 Å². The normalized spacial score (nSPS) is 30.7. The van der Waals surface area contributed by atoms with Gasteiger partial charge >= 0.3 is 0 Å². The van der Waals surface area contributed by atoms with E-state index < -0.39 is 0 Å². The molecule has 8 aliphatic rings. The van der Waals surface area contributed by atoms with E-state index >= 15 is 0 Å². The first-order valence-electron chi connectivity index (χ1n) is 22.6. The van der Waals surface area contributed by atoms with Gasteiger partial charge in [0.1, 0.15) is 22.8 Å². The molecule has 17 rings (SSSR count). The van der Waals surface area contributed by atoms with Crippen LogP contribution in [0.4, 0.5) is 0 Å². The minimum absolute atomic E-state index is 0.128. The summed E-state index contributed by atoms with van der Waals surface area (Å²) in [4.78, 5) is 16.9. The van der Waals surface area contributed by atoms with Gasteiger partial charge in [-0.05, 0) is 155 Å². The van der Waals surface area contributed by atoms with Gasteiger partial charge < -0.3 is 8.98 Å². The minimum Gasteiger partial charge on any atom is -0.455 e. The Labute approximate surface area is 346 Å². The molecule has 59 heavy (non-hydrogen) atoms. The topological polar surface area (TPSA) is 56.7 Å². The van der Waals surface area contributed by atoms with Gasteiger partial charge in [0.15, 0.2) is 5.82 Å². The predicted octanol–water partition coefficient (Wildman–Crippen LogP) is 13.8. The highest BCUT2D eigenvalue weighted by atomic mass is 32.1. The molecule has 8 fully saturated rings. The van der Waals surface area contributed by atoms with Crippen molar-refractivity contribution in [2.75, 3.05) is 0 Å². The van der Waals surface area contributed by atoms with E-state index in [-0.39, 0.29) is 10.8 Å². The SMILES string of the molecule is c1ccc2c(c1)oc1c2c2sc3ccccc3c2c2c1c1ccccc1n2-c1ccc(-c2nc(C34CC5CC(CC(C5)C3)C4)nc(C34CC5CC(CC(C5)C3)C4)n2)cc1. The highest BCUT2D eigenvalue weighted by Crippen LogP contribution is 2.63. The Bertz CT molecular complexity index is 3090. The molecule has 6 heteroatoms. The summed E-state index contributed by atoms with van der Waals surface area (Å²) in [6, 6.07) is 35.6. The molecule has 0 saturated heterocycles. The first-order chi connectivity index (χ1) is 29.0. The fraction of sp³-hybridized carbons (Fsp3) is 0.377. The summed E-state index contributed by atoms with van der Waals surface area (Å²) in [5.41, 5.74) is 6.83. The van der Waals surface area contributed by atoms with Gasteiger partial charge in [-0.25, -0.2) is 15.0 Å². The van der Waals surface area contributed by atoms with Crippen LogP contribution in [-0.4, -0.2) is 19.5 Å². The standard InChI is InChI=1S/C53H46N4OS/c1-4-10-40-37(7-1)43-46(44-39-9-3-6-12-42(39)59-48(44)45-38-8-2-5-11-41(38)58-47(43)45)57(40)36-15-13-35(14-16-36)49-54-50(52-23-29-17-30(24-52)19-31(18-29)25-52)56-51(55-49)53-26-32-20-33(27-53)22-34(21-32)28-53/h1-16,29-34H,17-28H2. The van der Waals surface area contributed by atoms with Crippen molar-refractivity contribution in [2.24, 2.45) is 35.5 Å². The lowest BCUT2D eigenvalue weighted by molar-refractivity contribution is -0.0155. The second kappa shape index (κ2) is 11.4. The van der Waals surface area contributed by atoms with Crippen molar-refractivity contribution >= 4 is 75.3 Å². The van der Waals surface area contributed by atoms with Gasteiger partial charge in [0.25, 0.3) is 0 Å². The Kier molecular flexibility index (Phi) is 6.32. The number of fused-ring (bicyclic) bond motifs is 12. The number of hydrogen-bond acceptors (Lipinski definition) is 5. The maximum Gasteiger partial charge on any atom is 0.163 e. The number of para-hydroxylation sites is 2. The Morgan fingerprint density at radius 2 is 1.07 bits per heavy atom. The Morgan fingerprint density at radius 3 is 1.69 bits per heavy atom. The number of hydrogen-bond donors (Lipinski definition) is 0. The Morgan fingerprint density at radius 1 is 0.525 bits per heavy atom. The highest BCUT2D eigenvalue weighted by Gasteiger charge is 2.56. The number of rotatable bonds is 4. The van der Waals surface area contributed by atoms with Crippen LogP contribution in [0.2, 0.25) is 0 Å². The molecular formula is C53H46N4OS. The average Bonchev–Trinajstić information content (AvgIpc) is 3.93. The molecule has 0 N–H and O–H groups in total. The molecule has 4 heterocycles. The molecule has 0 radical (unpaired) electrons. The molecule has 5 aromatic carbocycles. The second-order valence-corrected chi connectivity index (χ2v) is 21.5. The third kappa shape index (κ3) is 4.44. The zero-order valence-corrected chi connectivity index (χ0v) is 34.1. The summed E-state index contributed by atoms with van der Waals surface area (Å²) in [7, 11) is 0.